The van der Waals surface area contributed by atoms with Crippen molar-refractivity contribution in [1.82, 2.24) is 15.3 Å². The third-order valence-corrected chi connectivity index (χ3v) is 5.19. The van der Waals surface area contributed by atoms with Crippen molar-refractivity contribution >= 4 is 66.4 Å². The highest BCUT2D eigenvalue weighted by Gasteiger charge is 2.37. The predicted molar refractivity (Wildman–Crippen MR) is 145 cm³/mol. The quantitative estimate of drug-likeness (QED) is 0.432. The second kappa shape index (κ2) is 12.5. The fourth-order valence-electron chi connectivity index (χ4n) is 4.44. The number of carbonyl (C=O) groups excluding carboxylic acids is 2. The van der Waals surface area contributed by atoms with Gasteiger partial charge in [-0.2, -0.15) is 0 Å². The molecule has 0 aliphatic carbocycles. The second-order valence-corrected chi connectivity index (χ2v) is 9.60. The lowest BCUT2D eigenvalue weighted by molar-refractivity contribution is -0.114. The summed E-state index contributed by atoms with van der Waals surface area (Å²) in [6.45, 7) is 12.2. The number of anilines is 3. The van der Waals surface area contributed by atoms with Crippen LogP contribution >= 0.6 is 37.2 Å². The average Bonchev–Trinajstić information content (AvgIpc) is 2.61. The molecule has 1 fully saturated rings. The van der Waals surface area contributed by atoms with Gasteiger partial charge >= 0.3 is 0 Å². The van der Waals surface area contributed by atoms with Gasteiger partial charge in [-0.05, 0) is 71.2 Å². The number of aromatic nitrogens is 2. The van der Waals surface area contributed by atoms with Crippen molar-refractivity contribution in [2.75, 3.05) is 16.0 Å². The predicted octanol–water partition coefficient (Wildman–Crippen LogP) is 4.98. The highest BCUT2D eigenvalue weighted by Crippen LogP contribution is 2.31. The number of pyridine rings is 2. The molecular formula is C23H35Cl3N6O2. The molecule has 0 bridgehead atoms. The average molecular weight is 534 g/mol. The summed E-state index contributed by atoms with van der Waals surface area (Å²) in [5.41, 5.74) is 2.05. The minimum absolute atomic E-state index is 0. The molecule has 34 heavy (non-hydrogen) atoms. The maximum absolute atomic E-state index is 12.6. The van der Waals surface area contributed by atoms with Crippen LogP contribution < -0.4 is 21.3 Å². The van der Waals surface area contributed by atoms with E-state index >= 15 is 0 Å². The molecule has 0 aromatic carbocycles. The van der Waals surface area contributed by atoms with Gasteiger partial charge in [0.25, 0.3) is 5.91 Å². The van der Waals surface area contributed by atoms with Gasteiger partial charge in [-0.15, -0.1) is 37.2 Å². The molecule has 3 rings (SSSR count). The number of piperidine rings is 1. The van der Waals surface area contributed by atoms with E-state index in [1.54, 1.807) is 12.3 Å². The number of rotatable bonds is 5. The Kier molecular flexibility index (Phi) is 11.8. The maximum Gasteiger partial charge on any atom is 0.255 e. The van der Waals surface area contributed by atoms with E-state index in [1.807, 2.05) is 13.0 Å². The highest BCUT2D eigenvalue weighted by atomic mass is 35.5. The molecule has 2 aromatic heterocycles. The van der Waals surface area contributed by atoms with Crippen molar-refractivity contribution in [1.29, 1.82) is 0 Å². The normalized spacial score (nSPS) is 16.1. The zero-order valence-corrected chi connectivity index (χ0v) is 22.8. The summed E-state index contributed by atoms with van der Waals surface area (Å²) in [4.78, 5) is 32.4. The molecule has 2 amide bonds. The Hall–Kier alpha value is -2.13. The van der Waals surface area contributed by atoms with Gasteiger partial charge in [0.15, 0.2) is 0 Å². The summed E-state index contributed by atoms with van der Waals surface area (Å²) < 4.78 is 0. The number of amides is 2. The van der Waals surface area contributed by atoms with Crippen molar-refractivity contribution in [3.05, 3.63) is 41.7 Å². The van der Waals surface area contributed by atoms with E-state index in [2.05, 4.69) is 58.9 Å². The van der Waals surface area contributed by atoms with E-state index in [-0.39, 0.29) is 60.1 Å². The van der Waals surface area contributed by atoms with Crippen LogP contribution in [0.5, 0.6) is 0 Å². The van der Waals surface area contributed by atoms with Crippen LogP contribution in [0.25, 0.3) is 0 Å². The number of halogens is 3. The Morgan fingerprint density at radius 1 is 1.00 bits per heavy atom. The van der Waals surface area contributed by atoms with Crippen LogP contribution in [0.15, 0.2) is 30.6 Å². The lowest BCUT2D eigenvalue weighted by Gasteiger charge is -2.46. The van der Waals surface area contributed by atoms with Crippen molar-refractivity contribution in [2.24, 2.45) is 0 Å². The lowest BCUT2D eigenvalue weighted by atomic mass is 9.79. The number of hydrogen-bond donors (Lipinski definition) is 4. The second-order valence-electron chi connectivity index (χ2n) is 9.60. The van der Waals surface area contributed by atoms with Crippen LogP contribution in [0.4, 0.5) is 17.3 Å². The van der Waals surface area contributed by atoms with Gasteiger partial charge in [0, 0.05) is 35.8 Å². The first-order valence-corrected chi connectivity index (χ1v) is 10.5. The fourth-order valence-corrected chi connectivity index (χ4v) is 4.44. The van der Waals surface area contributed by atoms with Crippen LogP contribution in [-0.4, -0.2) is 38.9 Å². The van der Waals surface area contributed by atoms with E-state index < -0.39 is 0 Å². The smallest absolute Gasteiger partial charge is 0.255 e. The molecule has 3 heterocycles. The zero-order valence-electron chi connectivity index (χ0n) is 20.3. The van der Waals surface area contributed by atoms with E-state index in [9.17, 15) is 9.59 Å². The molecule has 1 aliphatic heterocycles. The molecule has 0 radical (unpaired) electrons. The number of carbonyl (C=O) groups is 2. The standard InChI is InChI=1S/C23H32N6O2.3ClH/c1-14-9-17(28-21(31)16-7-8-24-19(10-16)26-15(2)30)13-25-20(14)27-18-11-22(3,4)29-23(5,6)12-18;;;/h7-10,13,18,29H,11-12H2,1-6H3,(H,25,27)(H,28,31)(H,24,26,30);3*1H. The zero-order chi connectivity index (χ0) is 22.8. The van der Waals surface area contributed by atoms with Crippen molar-refractivity contribution in [2.45, 2.75) is 71.5 Å². The van der Waals surface area contributed by atoms with Gasteiger partial charge in [-0.25, -0.2) is 9.97 Å². The first-order chi connectivity index (χ1) is 14.4. The number of nitrogens with one attached hydrogen (secondary N) is 4. The Labute approximate surface area is 220 Å². The van der Waals surface area contributed by atoms with Crippen molar-refractivity contribution < 1.29 is 9.59 Å². The van der Waals surface area contributed by atoms with Crippen molar-refractivity contribution in [3.8, 4) is 0 Å². The number of hydrogen-bond acceptors (Lipinski definition) is 6. The van der Waals surface area contributed by atoms with Crippen LogP contribution in [0.2, 0.25) is 0 Å². The molecule has 0 saturated carbocycles. The van der Waals surface area contributed by atoms with E-state index in [0.717, 1.165) is 24.2 Å². The first kappa shape index (κ1) is 31.9. The van der Waals surface area contributed by atoms with Crippen LogP contribution in [0.1, 0.15) is 63.4 Å². The molecule has 0 unspecified atom stereocenters. The summed E-state index contributed by atoms with van der Waals surface area (Å²) in [7, 11) is 0. The van der Waals surface area contributed by atoms with Crippen molar-refractivity contribution in [3.63, 3.8) is 0 Å². The maximum atomic E-state index is 12.6. The molecule has 190 valence electrons. The molecule has 2 aromatic rings. The molecule has 1 aliphatic rings. The van der Waals surface area contributed by atoms with Gasteiger partial charge in [0.05, 0.1) is 11.9 Å². The number of aryl methyl sites for hydroxylation is 1. The third kappa shape index (κ3) is 8.91. The van der Waals surface area contributed by atoms with E-state index in [1.165, 1.54) is 19.2 Å². The van der Waals surface area contributed by atoms with E-state index in [0.29, 0.717) is 23.1 Å². The highest BCUT2D eigenvalue weighted by molar-refractivity contribution is 6.05. The summed E-state index contributed by atoms with van der Waals surface area (Å²) in [5.74, 6) is 0.626. The number of nitrogens with zero attached hydrogens (tertiary/aromatic N) is 2. The van der Waals surface area contributed by atoms with Crippen LogP contribution in [-0.2, 0) is 4.79 Å². The Bertz CT molecular complexity index is 984. The SMILES string of the molecule is CC(=O)Nc1cc(C(=O)Nc2cnc(NC3CC(C)(C)NC(C)(C)C3)c(C)c2)ccn1.Cl.Cl.Cl. The van der Waals surface area contributed by atoms with Gasteiger partial charge < -0.3 is 21.3 Å². The minimum atomic E-state index is -0.294. The Morgan fingerprint density at radius 3 is 2.18 bits per heavy atom. The fraction of sp³-hybridized carbons (Fsp3) is 0.478. The molecule has 0 atom stereocenters. The Morgan fingerprint density at radius 2 is 1.62 bits per heavy atom. The van der Waals surface area contributed by atoms with Crippen LogP contribution in [0.3, 0.4) is 0 Å². The minimum Gasteiger partial charge on any atom is -0.367 e. The largest absolute Gasteiger partial charge is 0.367 e. The van der Waals surface area contributed by atoms with Gasteiger partial charge in [0.1, 0.15) is 11.6 Å². The summed E-state index contributed by atoms with van der Waals surface area (Å²) in [6.07, 6.45) is 5.13. The van der Waals surface area contributed by atoms with E-state index in [4.69, 9.17) is 0 Å². The molecule has 4 N–H and O–H groups in total. The molecular weight excluding hydrogens is 499 g/mol. The first-order valence-electron chi connectivity index (χ1n) is 10.5. The third-order valence-electron chi connectivity index (χ3n) is 5.19. The summed E-state index contributed by atoms with van der Waals surface area (Å²) in [6, 6.07) is 5.34. The van der Waals surface area contributed by atoms with Crippen LogP contribution in [0, 0.1) is 6.92 Å². The van der Waals surface area contributed by atoms with Gasteiger partial charge in [-0.1, -0.05) is 0 Å². The Balaban J connectivity index is 0.00000363. The topological polar surface area (TPSA) is 108 Å². The molecule has 1 saturated heterocycles. The molecule has 8 nitrogen and oxygen atoms in total. The van der Waals surface area contributed by atoms with Gasteiger partial charge in [-0.3, -0.25) is 9.59 Å². The molecule has 11 heteroatoms. The summed E-state index contributed by atoms with van der Waals surface area (Å²) in [5, 5.41) is 12.7. The van der Waals surface area contributed by atoms with Gasteiger partial charge in [0.2, 0.25) is 5.91 Å². The monoisotopic (exact) mass is 532 g/mol. The molecule has 0 spiro atoms. The summed E-state index contributed by atoms with van der Waals surface area (Å²) >= 11 is 0. The lowest BCUT2D eigenvalue weighted by Crippen LogP contribution is -2.60.